The Bertz CT molecular complexity index is 353. The highest BCUT2D eigenvalue weighted by molar-refractivity contribution is 5.71. The molecule has 4 heteroatoms. The van der Waals surface area contributed by atoms with E-state index in [0.717, 1.165) is 17.8 Å². The van der Waals surface area contributed by atoms with Gasteiger partial charge in [0.2, 0.25) is 0 Å². The summed E-state index contributed by atoms with van der Waals surface area (Å²) in [5.74, 6) is -0.213. The molecule has 1 aromatic heterocycles. The van der Waals surface area contributed by atoms with Gasteiger partial charge >= 0.3 is 5.97 Å². The molecule has 0 fully saturated rings. The van der Waals surface area contributed by atoms with E-state index in [1.54, 1.807) is 6.20 Å². The van der Waals surface area contributed by atoms with Crippen molar-refractivity contribution in [3.8, 4) is 0 Å². The molecular formula is C12H18N2O2. The lowest BCUT2D eigenvalue weighted by atomic mass is 10.2. The van der Waals surface area contributed by atoms with E-state index in [0.29, 0.717) is 13.1 Å². The summed E-state index contributed by atoms with van der Waals surface area (Å²) in [4.78, 5) is 17.5. The Morgan fingerprint density at radius 3 is 2.88 bits per heavy atom. The largest absolute Gasteiger partial charge is 0.468 e. The Morgan fingerprint density at radius 1 is 1.56 bits per heavy atom. The summed E-state index contributed by atoms with van der Waals surface area (Å²) in [6.07, 6.45) is 1.77. The smallest absolute Gasteiger partial charge is 0.319 e. The van der Waals surface area contributed by atoms with Gasteiger partial charge in [-0.25, -0.2) is 0 Å². The molecule has 1 aromatic rings. The molecule has 0 aliphatic rings. The molecule has 0 saturated carbocycles. The summed E-state index contributed by atoms with van der Waals surface area (Å²) < 4.78 is 4.65. The topological polar surface area (TPSA) is 42.4 Å². The van der Waals surface area contributed by atoms with Crippen LogP contribution in [0.2, 0.25) is 0 Å². The number of rotatable bonds is 5. The normalized spacial score (nSPS) is 10.5. The van der Waals surface area contributed by atoms with Gasteiger partial charge in [0.1, 0.15) is 0 Å². The van der Waals surface area contributed by atoms with Gasteiger partial charge in [-0.1, -0.05) is 13.0 Å². The van der Waals surface area contributed by atoms with Crippen molar-refractivity contribution in [1.29, 1.82) is 0 Å². The van der Waals surface area contributed by atoms with Gasteiger partial charge in [-0.2, -0.15) is 0 Å². The lowest BCUT2D eigenvalue weighted by molar-refractivity contribution is -0.142. The first-order valence-corrected chi connectivity index (χ1v) is 5.37. The van der Waals surface area contributed by atoms with Gasteiger partial charge in [-0.3, -0.25) is 14.7 Å². The maximum Gasteiger partial charge on any atom is 0.319 e. The molecule has 16 heavy (non-hydrogen) atoms. The SMILES string of the molecule is CCN(CC(=O)OC)Cc1ncccc1C. The molecule has 0 atom stereocenters. The minimum Gasteiger partial charge on any atom is -0.468 e. The first-order valence-electron chi connectivity index (χ1n) is 5.37. The van der Waals surface area contributed by atoms with Crippen LogP contribution < -0.4 is 0 Å². The molecule has 0 bridgehead atoms. The predicted molar refractivity (Wildman–Crippen MR) is 61.9 cm³/mol. The van der Waals surface area contributed by atoms with E-state index in [4.69, 9.17) is 0 Å². The molecule has 1 rings (SSSR count). The fourth-order valence-corrected chi connectivity index (χ4v) is 1.42. The van der Waals surface area contributed by atoms with Crippen LogP contribution >= 0.6 is 0 Å². The average molecular weight is 222 g/mol. The number of ether oxygens (including phenoxy) is 1. The highest BCUT2D eigenvalue weighted by Crippen LogP contribution is 2.06. The van der Waals surface area contributed by atoms with Crippen LogP contribution in [-0.2, 0) is 16.1 Å². The number of aromatic nitrogens is 1. The number of hydrogen-bond acceptors (Lipinski definition) is 4. The first-order chi connectivity index (χ1) is 7.67. The maximum atomic E-state index is 11.2. The Labute approximate surface area is 96.2 Å². The molecule has 0 N–H and O–H groups in total. The minimum atomic E-state index is -0.213. The number of likely N-dealkylation sites (N-methyl/N-ethyl adjacent to an activating group) is 1. The van der Waals surface area contributed by atoms with E-state index in [-0.39, 0.29) is 5.97 Å². The van der Waals surface area contributed by atoms with E-state index in [1.807, 2.05) is 30.9 Å². The van der Waals surface area contributed by atoms with Crippen LogP contribution in [0.25, 0.3) is 0 Å². The number of carbonyl (C=O) groups is 1. The zero-order valence-corrected chi connectivity index (χ0v) is 10.1. The Balaban J connectivity index is 2.63. The monoisotopic (exact) mass is 222 g/mol. The average Bonchev–Trinajstić information content (AvgIpc) is 2.30. The molecule has 0 radical (unpaired) electrons. The quantitative estimate of drug-likeness (QED) is 0.706. The Hall–Kier alpha value is -1.42. The summed E-state index contributed by atoms with van der Waals surface area (Å²) >= 11 is 0. The second kappa shape index (κ2) is 6.23. The van der Waals surface area contributed by atoms with Gasteiger partial charge < -0.3 is 4.74 Å². The van der Waals surface area contributed by atoms with Crippen molar-refractivity contribution in [2.45, 2.75) is 20.4 Å². The Morgan fingerprint density at radius 2 is 2.31 bits per heavy atom. The van der Waals surface area contributed by atoms with Crippen molar-refractivity contribution in [1.82, 2.24) is 9.88 Å². The lowest BCUT2D eigenvalue weighted by Gasteiger charge is -2.19. The Kier molecular flexibility index (Phi) is 4.92. The number of esters is 1. The molecule has 0 aliphatic heterocycles. The van der Waals surface area contributed by atoms with Gasteiger partial charge in [0, 0.05) is 12.7 Å². The molecule has 0 spiro atoms. The van der Waals surface area contributed by atoms with E-state index in [1.165, 1.54) is 7.11 Å². The summed E-state index contributed by atoms with van der Waals surface area (Å²) in [5, 5.41) is 0. The van der Waals surface area contributed by atoms with Crippen LogP contribution in [0.5, 0.6) is 0 Å². The molecule has 1 heterocycles. The van der Waals surface area contributed by atoms with Crippen LogP contribution in [0.3, 0.4) is 0 Å². The zero-order chi connectivity index (χ0) is 12.0. The van der Waals surface area contributed by atoms with Crippen LogP contribution in [0.15, 0.2) is 18.3 Å². The molecule has 88 valence electrons. The van der Waals surface area contributed by atoms with Crippen molar-refractivity contribution in [3.05, 3.63) is 29.6 Å². The maximum absolute atomic E-state index is 11.2. The fraction of sp³-hybridized carbons (Fsp3) is 0.500. The fourth-order valence-electron chi connectivity index (χ4n) is 1.42. The van der Waals surface area contributed by atoms with Gasteiger partial charge in [0.25, 0.3) is 0 Å². The summed E-state index contributed by atoms with van der Waals surface area (Å²) in [6.45, 7) is 5.82. The number of nitrogens with zero attached hydrogens (tertiary/aromatic N) is 2. The third-order valence-electron chi connectivity index (χ3n) is 2.52. The minimum absolute atomic E-state index is 0.213. The summed E-state index contributed by atoms with van der Waals surface area (Å²) in [6, 6.07) is 3.93. The molecule has 0 amide bonds. The standard InChI is InChI=1S/C12H18N2O2/c1-4-14(9-12(15)16-3)8-11-10(2)6-5-7-13-11/h5-7H,4,8-9H2,1-3H3. The molecule has 0 aliphatic carbocycles. The predicted octanol–water partition coefficient (Wildman–Crippen LogP) is 1.38. The number of aryl methyl sites for hydroxylation is 1. The first kappa shape index (κ1) is 12.6. The molecule has 0 aromatic carbocycles. The summed E-state index contributed by atoms with van der Waals surface area (Å²) in [7, 11) is 1.40. The van der Waals surface area contributed by atoms with Crippen molar-refractivity contribution < 1.29 is 9.53 Å². The van der Waals surface area contributed by atoms with Gasteiger partial charge in [0.15, 0.2) is 0 Å². The molecule has 4 nitrogen and oxygen atoms in total. The van der Waals surface area contributed by atoms with Crippen molar-refractivity contribution in [2.24, 2.45) is 0 Å². The second-order valence-corrected chi connectivity index (χ2v) is 3.65. The lowest BCUT2D eigenvalue weighted by Crippen LogP contribution is -2.30. The van der Waals surface area contributed by atoms with E-state index >= 15 is 0 Å². The number of carbonyl (C=O) groups excluding carboxylic acids is 1. The summed E-state index contributed by atoms with van der Waals surface area (Å²) in [5.41, 5.74) is 2.15. The third-order valence-corrected chi connectivity index (χ3v) is 2.52. The van der Waals surface area contributed by atoms with E-state index < -0.39 is 0 Å². The van der Waals surface area contributed by atoms with Crippen LogP contribution in [0, 0.1) is 6.92 Å². The van der Waals surface area contributed by atoms with Crippen molar-refractivity contribution in [2.75, 3.05) is 20.2 Å². The highest BCUT2D eigenvalue weighted by atomic mass is 16.5. The van der Waals surface area contributed by atoms with Crippen LogP contribution in [0.4, 0.5) is 0 Å². The van der Waals surface area contributed by atoms with Crippen molar-refractivity contribution in [3.63, 3.8) is 0 Å². The number of hydrogen-bond donors (Lipinski definition) is 0. The number of methoxy groups -OCH3 is 1. The molecule has 0 unspecified atom stereocenters. The second-order valence-electron chi connectivity index (χ2n) is 3.65. The van der Waals surface area contributed by atoms with Gasteiger partial charge in [-0.15, -0.1) is 0 Å². The van der Waals surface area contributed by atoms with Gasteiger partial charge in [0.05, 0.1) is 19.3 Å². The molecular weight excluding hydrogens is 204 g/mol. The molecule has 0 saturated heterocycles. The highest BCUT2D eigenvalue weighted by Gasteiger charge is 2.11. The zero-order valence-electron chi connectivity index (χ0n) is 10.1. The van der Waals surface area contributed by atoms with Crippen LogP contribution in [-0.4, -0.2) is 36.1 Å². The van der Waals surface area contributed by atoms with Crippen molar-refractivity contribution >= 4 is 5.97 Å². The number of pyridine rings is 1. The van der Waals surface area contributed by atoms with E-state index in [2.05, 4.69) is 9.72 Å². The third kappa shape index (κ3) is 3.62. The van der Waals surface area contributed by atoms with Gasteiger partial charge in [-0.05, 0) is 25.1 Å². The van der Waals surface area contributed by atoms with E-state index in [9.17, 15) is 4.79 Å². The van der Waals surface area contributed by atoms with Crippen LogP contribution in [0.1, 0.15) is 18.2 Å².